The van der Waals surface area contributed by atoms with Crippen LogP contribution in [0.5, 0.6) is 0 Å². The molecule has 2 aromatic heterocycles. The van der Waals surface area contributed by atoms with E-state index in [1.807, 2.05) is 11.3 Å². The smallest absolute Gasteiger partial charge is 0.126 e. The van der Waals surface area contributed by atoms with E-state index in [9.17, 15) is 0 Å². The second-order valence-electron chi connectivity index (χ2n) is 4.73. The monoisotopic (exact) mass is 258 g/mol. The third-order valence-corrected chi connectivity index (χ3v) is 4.54. The van der Waals surface area contributed by atoms with Crippen LogP contribution in [0.3, 0.4) is 0 Å². The Bertz CT molecular complexity index is 545. The van der Waals surface area contributed by atoms with E-state index >= 15 is 0 Å². The minimum Gasteiger partial charge on any atom is -0.365 e. The van der Waals surface area contributed by atoms with Crippen molar-refractivity contribution in [1.82, 2.24) is 4.98 Å². The molecule has 0 amide bonds. The average molecular weight is 258 g/mol. The Balaban J connectivity index is 1.70. The van der Waals surface area contributed by atoms with Gasteiger partial charge >= 0.3 is 0 Å². The summed E-state index contributed by atoms with van der Waals surface area (Å²) in [6.45, 7) is 3.10. The second-order valence-corrected chi connectivity index (χ2v) is 5.73. The topological polar surface area (TPSA) is 24.9 Å². The lowest BCUT2D eigenvalue weighted by atomic mass is 10.2. The van der Waals surface area contributed by atoms with Crippen molar-refractivity contribution in [3.05, 3.63) is 45.3 Å². The van der Waals surface area contributed by atoms with Gasteiger partial charge in [0, 0.05) is 10.6 Å². The Morgan fingerprint density at radius 2 is 2.22 bits per heavy atom. The predicted octanol–water partition coefficient (Wildman–Crippen LogP) is 3.81. The number of pyridine rings is 1. The average Bonchev–Trinajstić information content (AvgIpc) is 3.04. The van der Waals surface area contributed by atoms with Crippen molar-refractivity contribution in [2.75, 3.05) is 5.32 Å². The van der Waals surface area contributed by atoms with E-state index < -0.39 is 0 Å². The van der Waals surface area contributed by atoms with Crippen LogP contribution in [0.25, 0.3) is 0 Å². The molecule has 0 saturated heterocycles. The quantitative estimate of drug-likeness (QED) is 0.902. The Labute approximate surface area is 112 Å². The molecule has 0 aliphatic heterocycles. The van der Waals surface area contributed by atoms with Crippen LogP contribution in [0.1, 0.15) is 35.0 Å². The lowest BCUT2D eigenvalue weighted by Gasteiger charge is -2.07. The maximum absolute atomic E-state index is 4.70. The summed E-state index contributed by atoms with van der Waals surface area (Å²) in [6, 6.07) is 6.56. The van der Waals surface area contributed by atoms with Gasteiger partial charge in [-0.05, 0) is 54.3 Å². The highest BCUT2D eigenvalue weighted by Gasteiger charge is 2.12. The SMILES string of the molecule is CCc1ccsc1CNc1ccc2c(n1)CCC2. The summed E-state index contributed by atoms with van der Waals surface area (Å²) in [7, 11) is 0. The number of thiophene rings is 1. The fourth-order valence-electron chi connectivity index (χ4n) is 2.53. The molecule has 1 aliphatic carbocycles. The summed E-state index contributed by atoms with van der Waals surface area (Å²) in [5.74, 6) is 1.02. The highest BCUT2D eigenvalue weighted by molar-refractivity contribution is 7.10. The summed E-state index contributed by atoms with van der Waals surface area (Å²) in [5, 5.41) is 5.62. The van der Waals surface area contributed by atoms with Crippen LogP contribution in [0.4, 0.5) is 5.82 Å². The first-order chi connectivity index (χ1) is 8.86. The molecule has 0 spiro atoms. The van der Waals surface area contributed by atoms with Crippen molar-refractivity contribution in [2.45, 2.75) is 39.2 Å². The number of aryl methyl sites for hydroxylation is 3. The number of hydrogen-bond donors (Lipinski definition) is 1. The van der Waals surface area contributed by atoms with Crippen molar-refractivity contribution < 1.29 is 0 Å². The van der Waals surface area contributed by atoms with Gasteiger partial charge in [-0.2, -0.15) is 0 Å². The number of anilines is 1. The molecule has 0 unspecified atom stereocenters. The summed E-state index contributed by atoms with van der Waals surface area (Å²) >= 11 is 1.83. The van der Waals surface area contributed by atoms with Crippen LogP contribution < -0.4 is 5.32 Å². The number of fused-ring (bicyclic) bond motifs is 1. The Morgan fingerprint density at radius 1 is 1.28 bits per heavy atom. The maximum atomic E-state index is 4.70. The number of hydrogen-bond acceptors (Lipinski definition) is 3. The van der Waals surface area contributed by atoms with E-state index in [0.29, 0.717) is 0 Å². The lowest BCUT2D eigenvalue weighted by molar-refractivity contribution is 0.899. The Hall–Kier alpha value is -1.35. The fraction of sp³-hybridized carbons (Fsp3) is 0.400. The predicted molar refractivity (Wildman–Crippen MR) is 77.3 cm³/mol. The molecule has 1 aliphatic rings. The van der Waals surface area contributed by atoms with Gasteiger partial charge in [0.25, 0.3) is 0 Å². The number of nitrogens with zero attached hydrogens (tertiary/aromatic N) is 1. The van der Waals surface area contributed by atoms with E-state index in [4.69, 9.17) is 4.98 Å². The molecule has 3 heteroatoms. The molecule has 0 aromatic carbocycles. The van der Waals surface area contributed by atoms with Gasteiger partial charge in [-0.25, -0.2) is 4.98 Å². The number of rotatable bonds is 4. The van der Waals surface area contributed by atoms with Gasteiger partial charge in [-0.15, -0.1) is 11.3 Å². The largest absolute Gasteiger partial charge is 0.365 e. The minimum absolute atomic E-state index is 0.895. The van der Waals surface area contributed by atoms with Gasteiger partial charge in [-0.3, -0.25) is 0 Å². The molecule has 18 heavy (non-hydrogen) atoms. The molecule has 2 heterocycles. The van der Waals surface area contributed by atoms with Gasteiger partial charge in [0.2, 0.25) is 0 Å². The third kappa shape index (κ3) is 2.27. The third-order valence-electron chi connectivity index (χ3n) is 3.58. The molecule has 0 saturated carbocycles. The molecular formula is C15H18N2S. The summed E-state index contributed by atoms with van der Waals surface area (Å²) in [6.07, 6.45) is 4.71. The zero-order valence-electron chi connectivity index (χ0n) is 10.7. The molecule has 0 fully saturated rings. The van der Waals surface area contributed by atoms with Crippen molar-refractivity contribution >= 4 is 17.2 Å². The molecule has 1 N–H and O–H groups in total. The van der Waals surface area contributed by atoms with Crippen LogP contribution in [0, 0.1) is 0 Å². The fourth-order valence-corrected chi connectivity index (χ4v) is 3.44. The molecule has 0 atom stereocenters. The van der Waals surface area contributed by atoms with Crippen molar-refractivity contribution in [2.24, 2.45) is 0 Å². The van der Waals surface area contributed by atoms with Crippen molar-refractivity contribution in [1.29, 1.82) is 0 Å². The van der Waals surface area contributed by atoms with Crippen LogP contribution >= 0.6 is 11.3 Å². The number of nitrogens with one attached hydrogen (secondary N) is 1. The highest BCUT2D eigenvalue weighted by atomic mass is 32.1. The van der Waals surface area contributed by atoms with Crippen molar-refractivity contribution in [3.63, 3.8) is 0 Å². The summed E-state index contributed by atoms with van der Waals surface area (Å²) in [4.78, 5) is 6.13. The van der Waals surface area contributed by atoms with E-state index in [2.05, 4.69) is 35.8 Å². The molecule has 2 aromatic rings. The van der Waals surface area contributed by atoms with E-state index in [0.717, 1.165) is 25.2 Å². The first-order valence-corrected chi connectivity index (χ1v) is 7.52. The van der Waals surface area contributed by atoms with Gasteiger partial charge < -0.3 is 5.32 Å². The lowest BCUT2D eigenvalue weighted by Crippen LogP contribution is -2.03. The van der Waals surface area contributed by atoms with Crippen LogP contribution in [0.2, 0.25) is 0 Å². The maximum Gasteiger partial charge on any atom is 0.126 e. The van der Waals surface area contributed by atoms with Gasteiger partial charge in [-0.1, -0.05) is 13.0 Å². The van der Waals surface area contributed by atoms with Crippen LogP contribution in [-0.4, -0.2) is 4.98 Å². The molecule has 0 bridgehead atoms. The first-order valence-electron chi connectivity index (χ1n) is 6.64. The van der Waals surface area contributed by atoms with Gasteiger partial charge in [0.1, 0.15) is 5.82 Å². The first kappa shape index (κ1) is 11.7. The zero-order chi connectivity index (χ0) is 12.4. The normalized spacial score (nSPS) is 13.6. The van der Waals surface area contributed by atoms with Gasteiger partial charge in [0.05, 0.1) is 6.54 Å². The summed E-state index contributed by atoms with van der Waals surface area (Å²) < 4.78 is 0. The number of aromatic nitrogens is 1. The molecule has 3 rings (SSSR count). The van der Waals surface area contributed by atoms with Crippen LogP contribution in [-0.2, 0) is 25.8 Å². The molecular weight excluding hydrogens is 240 g/mol. The van der Waals surface area contributed by atoms with E-state index in [1.165, 1.54) is 34.5 Å². The zero-order valence-corrected chi connectivity index (χ0v) is 11.5. The Kier molecular flexibility index (Phi) is 3.33. The Morgan fingerprint density at radius 3 is 3.11 bits per heavy atom. The molecule has 94 valence electrons. The standard InChI is InChI=1S/C15H18N2S/c1-2-11-8-9-18-14(11)10-16-15-7-6-12-4-3-5-13(12)17-15/h6-9H,2-5,10H2,1H3,(H,16,17). The second kappa shape index (κ2) is 5.11. The highest BCUT2D eigenvalue weighted by Crippen LogP contribution is 2.23. The molecule has 0 radical (unpaired) electrons. The minimum atomic E-state index is 0.895. The van der Waals surface area contributed by atoms with Crippen molar-refractivity contribution in [3.8, 4) is 0 Å². The molecule has 2 nitrogen and oxygen atoms in total. The van der Waals surface area contributed by atoms with Gasteiger partial charge in [0.15, 0.2) is 0 Å². The summed E-state index contributed by atoms with van der Waals surface area (Å²) in [5.41, 5.74) is 4.18. The van der Waals surface area contributed by atoms with Crippen LogP contribution in [0.15, 0.2) is 23.6 Å². The van der Waals surface area contributed by atoms with E-state index in [1.54, 1.807) is 0 Å². The van der Waals surface area contributed by atoms with E-state index in [-0.39, 0.29) is 0 Å².